The van der Waals surface area contributed by atoms with Gasteiger partial charge in [0.15, 0.2) is 0 Å². The van der Waals surface area contributed by atoms with Crippen LogP contribution in [0.1, 0.15) is 23.7 Å². The fourth-order valence-electron chi connectivity index (χ4n) is 2.08. The second-order valence-corrected chi connectivity index (χ2v) is 4.46. The van der Waals surface area contributed by atoms with E-state index in [1.807, 2.05) is 6.92 Å². The molecule has 0 amide bonds. The lowest BCUT2D eigenvalue weighted by Crippen LogP contribution is -2.18. The minimum Gasteiger partial charge on any atom is -0.358 e. The first-order valence-corrected chi connectivity index (χ1v) is 5.41. The molecule has 0 aliphatic heterocycles. The molecule has 1 heterocycles. The summed E-state index contributed by atoms with van der Waals surface area (Å²) in [5.41, 5.74) is 11.0. The van der Waals surface area contributed by atoms with Crippen molar-refractivity contribution in [3.05, 3.63) is 35.0 Å². The molecule has 0 spiro atoms. The number of H-pyrrole nitrogens is 1. The van der Waals surface area contributed by atoms with Gasteiger partial charge in [-0.15, -0.1) is 12.4 Å². The van der Waals surface area contributed by atoms with E-state index >= 15 is 0 Å². The Labute approximate surface area is 103 Å². The molecule has 2 nitrogen and oxygen atoms in total. The number of aromatic amines is 1. The average Bonchev–Trinajstić information content (AvgIpc) is 2.43. The summed E-state index contributed by atoms with van der Waals surface area (Å²) < 4.78 is 0. The fourth-order valence-corrected chi connectivity index (χ4v) is 2.08. The normalized spacial score (nSPS) is 12.5. The molecular formula is C13H19ClN2. The predicted octanol–water partition coefficient (Wildman–Crippen LogP) is 3.10. The van der Waals surface area contributed by atoms with E-state index in [1.54, 1.807) is 0 Å². The van der Waals surface area contributed by atoms with E-state index < -0.39 is 0 Å². The molecule has 0 saturated heterocycles. The molecule has 0 radical (unpaired) electrons. The van der Waals surface area contributed by atoms with Crippen molar-refractivity contribution < 1.29 is 0 Å². The summed E-state index contributed by atoms with van der Waals surface area (Å²) in [5.74, 6) is 0. The number of hydrogen-bond acceptors (Lipinski definition) is 1. The Balaban J connectivity index is 0.00000128. The highest BCUT2D eigenvalue weighted by atomic mass is 35.5. The first kappa shape index (κ1) is 13.1. The minimum atomic E-state index is 0. The van der Waals surface area contributed by atoms with Crippen molar-refractivity contribution >= 4 is 23.3 Å². The maximum absolute atomic E-state index is 5.87. The SMILES string of the molecule is Cc1ccc2[nH]c(C)c(CC(C)N)c2c1.Cl. The highest BCUT2D eigenvalue weighted by Crippen LogP contribution is 2.24. The van der Waals surface area contributed by atoms with Gasteiger partial charge in [0.1, 0.15) is 0 Å². The lowest BCUT2D eigenvalue weighted by Gasteiger charge is -2.05. The third-order valence-electron chi connectivity index (χ3n) is 2.80. The van der Waals surface area contributed by atoms with E-state index in [4.69, 9.17) is 5.73 Å². The van der Waals surface area contributed by atoms with Crippen LogP contribution in [-0.4, -0.2) is 11.0 Å². The largest absolute Gasteiger partial charge is 0.358 e. The van der Waals surface area contributed by atoms with Gasteiger partial charge in [0, 0.05) is 22.6 Å². The summed E-state index contributed by atoms with van der Waals surface area (Å²) in [6.07, 6.45) is 0.940. The number of fused-ring (bicyclic) bond motifs is 1. The van der Waals surface area contributed by atoms with Crippen molar-refractivity contribution in [1.82, 2.24) is 4.98 Å². The molecule has 1 atom stereocenters. The van der Waals surface area contributed by atoms with Gasteiger partial charge in [-0.2, -0.15) is 0 Å². The van der Waals surface area contributed by atoms with Crippen molar-refractivity contribution in [2.45, 2.75) is 33.2 Å². The number of benzene rings is 1. The Morgan fingerprint density at radius 1 is 1.31 bits per heavy atom. The van der Waals surface area contributed by atoms with Crippen LogP contribution >= 0.6 is 12.4 Å². The molecule has 1 unspecified atom stereocenters. The summed E-state index contributed by atoms with van der Waals surface area (Å²) in [7, 11) is 0. The zero-order valence-corrected chi connectivity index (χ0v) is 10.8. The van der Waals surface area contributed by atoms with Gasteiger partial charge < -0.3 is 10.7 Å². The first-order valence-electron chi connectivity index (χ1n) is 5.41. The predicted molar refractivity (Wildman–Crippen MR) is 72.4 cm³/mol. The smallest absolute Gasteiger partial charge is 0.0459 e. The number of nitrogens with two attached hydrogens (primary N) is 1. The summed E-state index contributed by atoms with van der Waals surface area (Å²) in [4.78, 5) is 3.40. The molecule has 3 N–H and O–H groups in total. The van der Waals surface area contributed by atoms with Gasteiger partial charge in [-0.25, -0.2) is 0 Å². The summed E-state index contributed by atoms with van der Waals surface area (Å²) in [5, 5.41) is 1.32. The van der Waals surface area contributed by atoms with Gasteiger partial charge >= 0.3 is 0 Å². The summed E-state index contributed by atoms with van der Waals surface area (Å²) in [6, 6.07) is 6.72. The number of hydrogen-bond donors (Lipinski definition) is 2. The molecule has 0 bridgehead atoms. The molecule has 1 aromatic carbocycles. The standard InChI is InChI=1S/C13H18N2.ClH/c1-8-4-5-13-12(6-8)11(7-9(2)14)10(3)15-13;/h4-6,9,15H,7,14H2,1-3H3;1H. The van der Waals surface area contributed by atoms with E-state index in [0.29, 0.717) is 0 Å². The number of rotatable bonds is 2. The quantitative estimate of drug-likeness (QED) is 0.830. The molecule has 0 aliphatic carbocycles. The van der Waals surface area contributed by atoms with Gasteiger partial charge in [0.2, 0.25) is 0 Å². The minimum absolute atomic E-state index is 0. The van der Waals surface area contributed by atoms with E-state index in [-0.39, 0.29) is 18.4 Å². The van der Waals surface area contributed by atoms with Gasteiger partial charge in [0.25, 0.3) is 0 Å². The van der Waals surface area contributed by atoms with Crippen molar-refractivity contribution in [2.75, 3.05) is 0 Å². The van der Waals surface area contributed by atoms with Gasteiger partial charge in [-0.05, 0) is 44.9 Å². The lowest BCUT2D eigenvalue weighted by molar-refractivity contribution is 0.738. The van der Waals surface area contributed by atoms with E-state index in [9.17, 15) is 0 Å². The van der Waals surface area contributed by atoms with Crippen molar-refractivity contribution in [3.8, 4) is 0 Å². The van der Waals surface area contributed by atoms with Gasteiger partial charge in [-0.1, -0.05) is 11.6 Å². The highest BCUT2D eigenvalue weighted by Gasteiger charge is 2.09. The van der Waals surface area contributed by atoms with Crippen molar-refractivity contribution in [2.24, 2.45) is 5.73 Å². The van der Waals surface area contributed by atoms with Crippen LogP contribution in [0, 0.1) is 13.8 Å². The molecule has 0 aliphatic rings. The Hall–Kier alpha value is -0.990. The average molecular weight is 239 g/mol. The monoisotopic (exact) mass is 238 g/mol. The number of nitrogens with one attached hydrogen (secondary N) is 1. The molecule has 88 valence electrons. The topological polar surface area (TPSA) is 41.8 Å². The Kier molecular flexibility index (Phi) is 4.00. The number of aryl methyl sites for hydroxylation is 2. The van der Waals surface area contributed by atoms with E-state index in [1.165, 1.54) is 27.7 Å². The van der Waals surface area contributed by atoms with Gasteiger partial charge in [-0.3, -0.25) is 0 Å². The van der Waals surface area contributed by atoms with Crippen LogP contribution in [0.25, 0.3) is 10.9 Å². The molecule has 0 fully saturated rings. The first-order chi connectivity index (χ1) is 7.08. The van der Waals surface area contributed by atoms with Crippen LogP contribution in [0.3, 0.4) is 0 Å². The van der Waals surface area contributed by atoms with E-state index in [0.717, 1.165) is 6.42 Å². The Bertz CT molecular complexity index is 486. The third-order valence-corrected chi connectivity index (χ3v) is 2.80. The second-order valence-electron chi connectivity index (χ2n) is 4.46. The Morgan fingerprint density at radius 2 is 2.00 bits per heavy atom. The lowest BCUT2D eigenvalue weighted by atomic mass is 10.0. The maximum Gasteiger partial charge on any atom is 0.0459 e. The second kappa shape index (κ2) is 4.89. The zero-order valence-electron chi connectivity index (χ0n) is 10.0. The van der Waals surface area contributed by atoms with Crippen LogP contribution in [0.2, 0.25) is 0 Å². The van der Waals surface area contributed by atoms with Crippen LogP contribution in [0.5, 0.6) is 0 Å². The molecular weight excluding hydrogens is 220 g/mol. The third kappa shape index (κ3) is 2.39. The number of aromatic nitrogens is 1. The number of halogens is 1. The zero-order chi connectivity index (χ0) is 11.0. The van der Waals surface area contributed by atoms with Crippen LogP contribution in [-0.2, 0) is 6.42 Å². The summed E-state index contributed by atoms with van der Waals surface area (Å²) in [6.45, 7) is 6.29. The highest BCUT2D eigenvalue weighted by molar-refractivity contribution is 5.85. The molecule has 2 aromatic rings. The van der Waals surface area contributed by atoms with Crippen LogP contribution in [0.4, 0.5) is 0 Å². The van der Waals surface area contributed by atoms with Crippen LogP contribution < -0.4 is 5.73 Å². The molecule has 16 heavy (non-hydrogen) atoms. The maximum atomic E-state index is 5.87. The van der Waals surface area contributed by atoms with Crippen LogP contribution in [0.15, 0.2) is 18.2 Å². The van der Waals surface area contributed by atoms with E-state index in [2.05, 4.69) is 37.0 Å². The van der Waals surface area contributed by atoms with Crippen molar-refractivity contribution in [3.63, 3.8) is 0 Å². The summed E-state index contributed by atoms with van der Waals surface area (Å²) >= 11 is 0. The molecule has 2 rings (SSSR count). The molecule has 0 saturated carbocycles. The van der Waals surface area contributed by atoms with Crippen molar-refractivity contribution in [1.29, 1.82) is 0 Å². The fraction of sp³-hybridized carbons (Fsp3) is 0.385. The Morgan fingerprint density at radius 3 is 2.62 bits per heavy atom. The molecule has 1 aromatic heterocycles. The molecule has 3 heteroatoms. The van der Waals surface area contributed by atoms with Gasteiger partial charge in [0.05, 0.1) is 0 Å².